The van der Waals surface area contributed by atoms with E-state index in [2.05, 4.69) is 10.4 Å². The van der Waals surface area contributed by atoms with Crippen molar-refractivity contribution in [3.8, 4) is 5.75 Å². The molecule has 0 bridgehead atoms. The molecule has 112 valence electrons. The summed E-state index contributed by atoms with van der Waals surface area (Å²) in [6.07, 6.45) is 1.71. The van der Waals surface area contributed by atoms with E-state index in [9.17, 15) is 4.79 Å². The monoisotopic (exact) mass is 307 g/mol. The fraction of sp³-hybridized carbons (Fsp3) is 0.333. The number of aromatic nitrogens is 2. The summed E-state index contributed by atoms with van der Waals surface area (Å²) in [4.78, 5) is 11.6. The lowest BCUT2D eigenvalue weighted by atomic mass is 10.1. The Morgan fingerprint density at radius 3 is 2.67 bits per heavy atom. The van der Waals surface area contributed by atoms with Crippen molar-refractivity contribution >= 4 is 17.5 Å². The third-order valence-corrected chi connectivity index (χ3v) is 3.58. The van der Waals surface area contributed by atoms with Gasteiger partial charge in [-0.3, -0.25) is 4.79 Å². The second-order valence-corrected chi connectivity index (χ2v) is 5.12. The Bertz CT molecular complexity index is 629. The van der Waals surface area contributed by atoms with Crippen LogP contribution in [0.1, 0.15) is 28.5 Å². The molecule has 1 heterocycles. The number of aryl methyl sites for hydroxylation is 2. The van der Waals surface area contributed by atoms with E-state index in [0.717, 1.165) is 21.9 Å². The molecule has 0 saturated carbocycles. The number of ether oxygens (including phenoxy) is 1. The highest BCUT2D eigenvalue weighted by atomic mass is 35.5. The molecule has 0 radical (unpaired) electrons. The molecular weight excluding hydrogens is 290 g/mol. The highest BCUT2D eigenvalue weighted by molar-refractivity contribution is 6.32. The number of hydrogen-bond donors (Lipinski definition) is 1. The van der Waals surface area contributed by atoms with E-state index in [-0.39, 0.29) is 12.6 Å². The van der Waals surface area contributed by atoms with Crippen LogP contribution in [0.4, 0.5) is 0 Å². The first-order valence-corrected chi connectivity index (χ1v) is 7.10. The summed E-state index contributed by atoms with van der Waals surface area (Å²) < 4.78 is 7.25. The number of amides is 1. The van der Waals surface area contributed by atoms with Crippen molar-refractivity contribution in [3.63, 3.8) is 0 Å². The van der Waals surface area contributed by atoms with E-state index in [1.165, 1.54) is 0 Å². The Morgan fingerprint density at radius 1 is 1.38 bits per heavy atom. The number of benzene rings is 1. The molecule has 1 aromatic heterocycles. The molecule has 5 nitrogen and oxygen atoms in total. The number of rotatable bonds is 5. The maximum Gasteiger partial charge on any atom is 0.271 e. The number of halogens is 1. The van der Waals surface area contributed by atoms with Gasteiger partial charge in [0.2, 0.25) is 0 Å². The van der Waals surface area contributed by atoms with Crippen molar-refractivity contribution in [2.24, 2.45) is 0 Å². The second-order valence-electron chi connectivity index (χ2n) is 4.74. The van der Waals surface area contributed by atoms with Crippen LogP contribution < -0.4 is 10.1 Å². The van der Waals surface area contributed by atoms with E-state index in [4.69, 9.17) is 16.3 Å². The number of carbonyl (C=O) groups excluding carboxylic acids is 1. The normalized spacial score (nSPS) is 10.5. The number of carbonyl (C=O) groups is 1. The zero-order valence-corrected chi connectivity index (χ0v) is 13.1. The second kappa shape index (κ2) is 6.63. The minimum Gasteiger partial charge on any atom is -0.471 e. The third-order valence-electron chi connectivity index (χ3n) is 2.98. The number of nitrogens with one attached hydrogen (secondary N) is 1. The maximum atomic E-state index is 11.6. The van der Waals surface area contributed by atoms with Gasteiger partial charge >= 0.3 is 0 Å². The van der Waals surface area contributed by atoms with Crippen molar-refractivity contribution < 1.29 is 9.53 Å². The van der Waals surface area contributed by atoms with Crippen LogP contribution in [0.15, 0.2) is 24.4 Å². The van der Waals surface area contributed by atoms with Crippen LogP contribution in [-0.4, -0.2) is 22.2 Å². The van der Waals surface area contributed by atoms with Crippen LogP contribution in [0, 0.1) is 13.8 Å². The van der Waals surface area contributed by atoms with Gasteiger partial charge in [-0.2, -0.15) is 5.10 Å². The first-order chi connectivity index (χ1) is 10.0. The third kappa shape index (κ3) is 3.76. The highest BCUT2D eigenvalue weighted by Gasteiger charge is 2.08. The Labute approximate surface area is 128 Å². The van der Waals surface area contributed by atoms with Crippen LogP contribution in [-0.2, 0) is 6.73 Å². The zero-order valence-electron chi connectivity index (χ0n) is 12.3. The van der Waals surface area contributed by atoms with Gasteiger partial charge < -0.3 is 10.1 Å². The van der Waals surface area contributed by atoms with Gasteiger partial charge in [0.15, 0.2) is 6.73 Å². The largest absolute Gasteiger partial charge is 0.471 e. The molecule has 0 atom stereocenters. The van der Waals surface area contributed by atoms with Gasteiger partial charge in [0.25, 0.3) is 5.91 Å². The summed E-state index contributed by atoms with van der Waals surface area (Å²) in [5.41, 5.74) is 2.31. The van der Waals surface area contributed by atoms with Crippen LogP contribution in [0.2, 0.25) is 5.02 Å². The van der Waals surface area contributed by atoms with Crippen LogP contribution in [0.25, 0.3) is 0 Å². The van der Waals surface area contributed by atoms with E-state index in [0.29, 0.717) is 12.2 Å². The Hall–Kier alpha value is -2.01. The predicted molar refractivity (Wildman–Crippen MR) is 81.8 cm³/mol. The standard InChI is InChI=1S/C15H18ClN3O2/c1-4-17-15(20)13-5-6-19(18-13)9-21-12-7-10(2)14(16)11(3)8-12/h5-8H,4,9H2,1-3H3,(H,17,20). The SMILES string of the molecule is CCNC(=O)c1ccn(COc2cc(C)c(Cl)c(C)c2)n1. The maximum absolute atomic E-state index is 11.6. The quantitative estimate of drug-likeness (QED) is 0.924. The lowest BCUT2D eigenvalue weighted by Crippen LogP contribution is -2.23. The first-order valence-electron chi connectivity index (χ1n) is 6.72. The fourth-order valence-corrected chi connectivity index (χ4v) is 2.05. The van der Waals surface area contributed by atoms with Crippen molar-refractivity contribution in [3.05, 3.63) is 46.2 Å². The van der Waals surface area contributed by atoms with Gasteiger partial charge in [0.1, 0.15) is 11.4 Å². The molecule has 0 aliphatic heterocycles. The van der Waals surface area contributed by atoms with Crippen LogP contribution >= 0.6 is 11.6 Å². The summed E-state index contributed by atoms with van der Waals surface area (Å²) >= 11 is 6.12. The molecule has 1 N–H and O–H groups in total. The fourth-order valence-electron chi connectivity index (χ4n) is 1.94. The predicted octanol–water partition coefficient (Wildman–Crippen LogP) is 2.94. The molecule has 1 amide bonds. The average molecular weight is 308 g/mol. The van der Waals surface area contributed by atoms with Crippen molar-refractivity contribution in [2.75, 3.05) is 6.54 Å². The minimum atomic E-state index is -0.186. The topological polar surface area (TPSA) is 56.2 Å². The van der Waals surface area contributed by atoms with Gasteiger partial charge in [-0.15, -0.1) is 0 Å². The molecule has 1 aromatic carbocycles. The summed E-state index contributed by atoms with van der Waals surface area (Å²) in [5, 5.41) is 7.61. The molecule has 0 spiro atoms. The van der Waals surface area contributed by atoms with Crippen molar-refractivity contribution in [1.29, 1.82) is 0 Å². The molecule has 0 aliphatic rings. The van der Waals surface area contributed by atoms with E-state index in [1.807, 2.05) is 32.9 Å². The van der Waals surface area contributed by atoms with Gasteiger partial charge in [-0.05, 0) is 50.1 Å². The molecule has 0 saturated heterocycles. The molecule has 0 fully saturated rings. The molecule has 2 rings (SSSR count). The van der Waals surface area contributed by atoms with Gasteiger partial charge in [0, 0.05) is 17.8 Å². The summed E-state index contributed by atoms with van der Waals surface area (Å²) in [6.45, 7) is 6.54. The zero-order chi connectivity index (χ0) is 15.4. The van der Waals surface area contributed by atoms with E-state index in [1.54, 1.807) is 16.9 Å². The average Bonchev–Trinajstić information content (AvgIpc) is 2.91. The number of hydrogen-bond acceptors (Lipinski definition) is 3. The Morgan fingerprint density at radius 2 is 2.05 bits per heavy atom. The molecular formula is C15H18ClN3O2. The Balaban J connectivity index is 2.02. The first kappa shape index (κ1) is 15.4. The summed E-state index contributed by atoms with van der Waals surface area (Å²) in [5.74, 6) is 0.541. The smallest absolute Gasteiger partial charge is 0.271 e. The highest BCUT2D eigenvalue weighted by Crippen LogP contribution is 2.25. The van der Waals surface area contributed by atoms with Crippen LogP contribution in [0.5, 0.6) is 5.75 Å². The van der Waals surface area contributed by atoms with E-state index >= 15 is 0 Å². The van der Waals surface area contributed by atoms with Crippen molar-refractivity contribution in [2.45, 2.75) is 27.5 Å². The lowest BCUT2D eigenvalue weighted by Gasteiger charge is -2.10. The molecule has 21 heavy (non-hydrogen) atoms. The minimum absolute atomic E-state index is 0.186. The molecule has 0 aliphatic carbocycles. The summed E-state index contributed by atoms with van der Waals surface area (Å²) in [7, 11) is 0. The Kier molecular flexibility index (Phi) is 4.85. The van der Waals surface area contributed by atoms with Crippen LogP contribution in [0.3, 0.4) is 0 Å². The number of nitrogens with zero attached hydrogens (tertiary/aromatic N) is 2. The van der Waals surface area contributed by atoms with Crippen molar-refractivity contribution in [1.82, 2.24) is 15.1 Å². The van der Waals surface area contributed by atoms with Gasteiger partial charge in [0.05, 0.1) is 0 Å². The molecule has 2 aromatic rings. The summed E-state index contributed by atoms with van der Waals surface area (Å²) in [6, 6.07) is 5.42. The molecule has 6 heteroatoms. The van der Waals surface area contributed by atoms with E-state index < -0.39 is 0 Å². The lowest BCUT2D eigenvalue weighted by molar-refractivity contribution is 0.0949. The van der Waals surface area contributed by atoms with Gasteiger partial charge in [-0.1, -0.05) is 11.6 Å². The van der Waals surface area contributed by atoms with Gasteiger partial charge in [-0.25, -0.2) is 4.68 Å². The molecule has 0 unspecified atom stereocenters.